The molecule has 60 valence electrons. The molecule has 1 aromatic rings. The van der Waals surface area contributed by atoms with E-state index in [1.165, 1.54) is 24.3 Å². The summed E-state index contributed by atoms with van der Waals surface area (Å²) >= 11 is 1.76. The number of nitrogens with zero attached hydrogens (tertiary/aromatic N) is 1. The summed E-state index contributed by atoms with van der Waals surface area (Å²) in [4.78, 5) is 4.30. The van der Waals surface area contributed by atoms with Crippen LogP contribution in [0.4, 0.5) is 0 Å². The van der Waals surface area contributed by atoms with Crippen molar-refractivity contribution in [3.63, 3.8) is 0 Å². The van der Waals surface area contributed by atoms with Crippen LogP contribution in [0.15, 0.2) is 11.6 Å². The first kappa shape index (κ1) is 7.25. The lowest BCUT2D eigenvalue weighted by Crippen LogP contribution is -2.26. The van der Waals surface area contributed by atoms with Gasteiger partial charge < -0.3 is 5.32 Å². The Bertz CT molecular complexity index is 202. The van der Waals surface area contributed by atoms with Gasteiger partial charge in [-0.2, -0.15) is 0 Å². The van der Waals surface area contributed by atoms with Crippen LogP contribution in [0.5, 0.6) is 0 Å². The zero-order valence-electron chi connectivity index (χ0n) is 6.42. The molecule has 2 nitrogen and oxygen atoms in total. The molecule has 11 heavy (non-hydrogen) atoms. The van der Waals surface area contributed by atoms with Crippen molar-refractivity contribution in [2.75, 3.05) is 6.54 Å². The van der Waals surface area contributed by atoms with E-state index in [0.29, 0.717) is 6.04 Å². The van der Waals surface area contributed by atoms with E-state index in [-0.39, 0.29) is 0 Å². The summed E-state index contributed by atoms with van der Waals surface area (Å²) in [5.74, 6) is 0. The highest BCUT2D eigenvalue weighted by atomic mass is 32.1. The molecule has 0 aromatic carbocycles. The van der Waals surface area contributed by atoms with Gasteiger partial charge in [0.05, 0.1) is 6.04 Å². The van der Waals surface area contributed by atoms with Gasteiger partial charge in [0, 0.05) is 11.6 Å². The smallest absolute Gasteiger partial charge is 0.109 e. The Morgan fingerprint density at radius 3 is 3.18 bits per heavy atom. The van der Waals surface area contributed by atoms with E-state index in [2.05, 4.69) is 10.3 Å². The minimum Gasteiger partial charge on any atom is -0.308 e. The van der Waals surface area contributed by atoms with Gasteiger partial charge in [-0.15, -0.1) is 11.3 Å². The number of aromatic nitrogens is 1. The van der Waals surface area contributed by atoms with Gasteiger partial charge in [0.1, 0.15) is 5.01 Å². The first-order valence-corrected chi connectivity index (χ1v) is 4.97. The van der Waals surface area contributed by atoms with Crippen LogP contribution >= 0.6 is 11.3 Å². The lowest BCUT2D eigenvalue weighted by Gasteiger charge is -2.20. The minimum absolute atomic E-state index is 0.545. The quantitative estimate of drug-likeness (QED) is 0.693. The van der Waals surface area contributed by atoms with Crippen LogP contribution in [0.3, 0.4) is 0 Å². The van der Waals surface area contributed by atoms with E-state index >= 15 is 0 Å². The maximum absolute atomic E-state index is 4.30. The van der Waals surface area contributed by atoms with Crippen molar-refractivity contribution in [3.8, 4) is 0 Å². The van der Waals surface area contributed by atoms with Gasteiger partial charge in [0.2, 0.25) is 0 Å². The van der Waals surface area contributed by atoms with E-state index < -0.39 is 0 Å². The van der Waals surface area contributed by atoms with Crippen LogP contribution in [0, 0.1) is 0 Å². The van der Waals surface area contributed by atoms with Crippen molar-refractivity contribution in [3.05, 3.63) is 16.6 Å². The predicted molar refractivity (Wildman–Crippen MR) is 46.7 cm³/mol. The van der Waals surface area contributed by atoms with Gasteiger partial charge in [-0.3, -0.25) is 0 Å². The average molecular weight is 168 g/mol. The molecule has 2 rings (SSSR count). The van der Waals surface area contributed by atoms with Crippen molar-refractivity contribution in [1.29, 1.82) is 0 Å². The second kappa shape index (κ2) is 3.32. The van der Waals surface area contributed by atoms with Gasteiger partial charge in [-0.25, -0.2) is 4.98 Å². The highest BCUT2D eigenvalue weighted by Crippen LogP contribution is 2.23. The van der Waals surface area contributed by atoms with Crippen molar-refractivity contribution in [1.82, 2.24) is 10.3 Å². The van der Waals surface area contributed by atoms with Crippen molar-refractivity contribution in [2.24, 2.45) is 0 Å². The molecule has 2 heterocycles. The zero-order valence-corrected chi connectivity index (χ0v) is 7.23. The summed E-state index contributed by atoms with van der Waals surface area (Å²) < 4.78 is 0. The first-order valence-electron chi connectivity index (χ1n) is 4.09. The zero-order chi connectivity index (χ0) is 7.52. The minimum atomic E-state index is 0.545. The fourth-order valence-electron chi connectivity index (χ4n) is 1.47. The average Bonchev–Trinajstić information content (AvgIpc) is 2.58. The topological polar surface area (TPSA) is 24.9 Å². The van der Waals surface area contributed by atoms with Crippen LogP contribution in [-0.2, 0) is 0 Å². The van der Waals surface area contributed by atoms with E-state index in [1.54, 1.807) is 11.3 Å². The molecule has 0 spiro atoms. The van der Waals surface area contributed by atoms with E-state index in [4.69, 9.17) is 0 Å². The van der Waals surface area contributed by atoms with Gasteiger partial charge in [0.25, 0.3) is 0 Å². The Labute approximate surface area is 70.7 Å². The lowest BCUT2D eigenvalue weighted by molar-refractivity contribution is 0.411. The largest absolute Gasteiger partial charge is 0.308 e. The Balaban J connectivity index is 2.04. The number of thiazole rings is 1. The molecule has 0 amide bonds. The monoisotopic (exact) mass is 168 g/mol. The van der Waals surface area contributed by atoms with Crippen molar-refractivity contribution >= 4 is 11.3 Å². The Kier molecular flexibility index (Phi) is 2.19. The molecule has 1 fully saturated rings. The molecule has 3 heteroatoms. The maximum atomic E-state index is 4.30. The molecule has 0 radical (unpaired) electrons. The SMILES string of the molecule is c1csc([C@@H]2CCCCN2)n1. The molecule has 1 aliphatic heterocycles. The van der Waals surface area contributed by atoms with Crippen molar-refractivity contribution in [2.45, 2.75) is 25.3 Å². The number of nitrogens with one attached hydrogen (secondary N) is 1. The molecule has 1 N–H and O–H groups in total. The third-order valence-corrected chi connectivity index (χ3v) is 2.95. The van der Waals surface area contributed by atoms with Crippen LogP contribution in [0.2, 0.25) is 0 Å². The van der Waals surface area contributed by atoms with Gasteiger partial charge >= 0.3 is 0 Å². The lowest BCUT2D eigenvalue weighted by atomic mass is 10.1. The third-order valence-electron chi connectivity index (χ3n) is 2.06. The summed E-state index contributed by atoms with van der Waals surface area (Å²) in [5.41, 5.74) is 0. The van der Waals surface area contributed by atoms with Crippen LogP contribution in [0.25, 0.3) is 0 Å². The molecule has 0 aliphatic carbocycles. The molecular weight excluding hydrogens is 156 g/mol. The van der Waals surface area contributed by atoms with Gasteiger partial charge in [-0.05, 0) is 19.4 Å². The van der Waals surface area contributed by atoms with E-state index in [1.807, 2.05) is 11.6 Å². The summed E-state index contributed by atoms with van der Waals surface area (Å²) in [6.45, 7) is 1.16. The van der Waals surface area contributed by atoms with Crippen molar-refractivity contribution < 1.29 is 0 Å². The summed E-state index contributed by atoms with van der Waals surface area (Å²) in [5, 5.41) is 6.77. The number of hydrogen-bond donors (Lipinski definition) is 1. The van der Waals surface area contributed by atoms with Crippen LogP contribution in [-0.4, -0.2) is 11.5 Å². The second-order valence-electron chi connectivity index (χ2n) is 2.87. The second-order valence-corrected chi connectivity index (χ2v) is 3.80. The number of piperidine rings is 1. The molecule has 0 bridgehead atoms. The molecule has 1 aromatic heterocycles. The Morgan fingerprint density at radius 1 is 1.55 bits per heavy atom. The third kappa shape index (κ3) is 1.60. The summed E-state index contributed by atoms with van der Waals surface area (Å²) in [6.07, 6.45) is 5.81. The molecular formula is C8H12N2S. The Hall–Kier alpha value is -0.410. The molecule has 0 saturated carbocycles. The van der Waals surface area contributed by atoms with E-state index in [9.17, 15) is 0 Å². The maximum Gasteiger partial charge on any atom is 0.109 e. The molecule has 1 atom stereocenters. The first-order chi connectivity index (χ1) is 5.47. The molecule has 1 aliphatic rings. The van der Waals surface area contributed by atoms with Gasteiger partial charge in [0.15, 0.2) is 0 Å². The van der Waals surface area contributed by atoms with Crippen LogP contribution < -0.4 is 5.32 Å². The summed E-state index contributed by atoms with van der Waals surface area (Å²) in [7, 11) is 0. The predicted octanol–water partition coefficient (Wildman–Crippen LogP) is 1.96. The number of hydrogen-bond acceptors (Lipinski definition) is 3. The summed E-state index contributed by atoms with van der Waals surface area (Å²) in [6, 6.07) is 0.545. The highest BCUT2D eigenvalue weighted by Gasteiger charge is 2.15. The molecule has 0 unspecified atom stereocenters. The van der Waals surface area contributed by atoms with Crippen LogP contribution in [0.1, 0.15) is 30.3 Å². The Morgan fingerprint density at radius 2 is 2.55 bits per heavy atom. The van der Waals surface area contributed by atoms with E-state index in [0.717, 1.165) is 6.54 Å². The van der Waals surface area contributed by atoms with Gasteiger partial charge in [-0.1, -0.05) is 6.42 Å². The fourth-order valence-corrected chi connectivity index (χ4v) is 2.22. The normalized spacial score (nSPS) is 25.3. The molecule has 1 saturated heterocycles. The number of rotatable bonds is 1. The fraction of sp³-hybridized carbons (Fsp3) is 0.625. The standard InChI is InChI=1S/C8H12N2S/c1-2-4-9-7(3-1)8-10-5-6-11-8/h5-7,9H,1-4H2/t7-/m0/s1. The highest BCUT2D eigenvalue weighted by molar-refractivity contribution is 7.09.